The number of rotatable bonds is 8. The zero-order valence-corrected chi connectivity index (χ0v) is 15.9. The second-order valence-electron chi connectivity index (χ2n) is 6.09. The molecule has 0 radical (unpaired) electrons. The van der Waals surface area contributed by atoms with Crippen molar-refractivity contribution >= 4 is 17.3 Å². The zero-order valence-electron chi connectivity index (χ0n) is 15.1. The summed E-state index contributed by atoms with van der Waals surface area (Å²) in [6.07, 6.45) is 0. The van der Waals surface area contributed by atoms with Crippen molar-refractivity contribution in [3.63, 3.8) is 0 Å². The van der Waals surface area contributed by atoms with Crippen LogP contribution in [-0.2, 0) is 23.5 Å². The van der Waals surface area contributed by atoms with Gasteiger partial charge in [-0.15, -0.1) is 0 Å². The number of guanidine groups is 1. The van der Waals surface area contributed by atoms with Crippen LogP contribution in [0, 0.1) is 0 Å². The molecular formula is C19H27N3O2S. The fraction of sp³-hybridized carbons (Fsp3) is 0.421. The van der Waals surface area contributed by atoms with E-state index in [1.807, 2.05) is 41.9 Å². The maximum atomic E-state index is 10.6. The number of hydrogen-bond donors (Lipinski definition) is 3. The highest BCUT2D eigenvalue weighted by Gasteiger charge is 2.23. The molecule has 136 valence electrons. The Hall–Kier alpha value is -1.89. The van der Waals surface area contributed by atoms with Gasteiger partial charge < -0.3 is 20.5 Å². The van der Waals surface area contributed by atoms with E-state index in [1.54, 1.807) is 25.4 Å². The molecule has 0 aliphatic carbocycles. The number of aliphatic hydroxyl groups is 1. The molecule has 6 heteroatoms. The van der Waals surface area contributed by atoms with Crippen molar-refractivity contribution < 1.29 is 9.84 Å². The number of methoxy groups -OCH3 is 1. The number of nitrogens with one attached hydrogen (secondary N) is 2. The molecule has 0 spiro atoms. The minimum Gasteiger partial charge on any atom is -0.384 e. The van der Waals surface area contributed by atoms with Crippen LogP contribution in [0.1, 0.15) is 30.5 Å². The van der Waals surface area contributed by atoms with Gasteiger partial charge in [0.25, 0.3) is 0 Å². The molecule has 0 bridgehead atoms. The van der Waals surface area contributed by atoms with Gasteiger partial charge >= 0.3 is 0 Å². The molecule has 0 aliphatic rings. The summed E-state index contributed by atoms with van der Waals surface area (Å²) in [7, 11) is 1.69. The van der Waals surface area contributed by atoms with E-state index in [-0.39, 0.29) is 0 Å². The number of ether oxygens (including phenoxy) is 1. The molecule has 0 saturated carbocycles. The average molecular weight is 362 g/mol. The van der Waals surface area contributed by atoms with Gasteiger partial charge in [0, 0.05) is 13.7 Å². The van der Waals surface area contributed by atoms with Crippen LogP contribution in [0.3, 0.4) is 0 Å². The van der Waals surface area contributed by atoms with Crippen molar-refractivity contribution in [2.45, 2.75) is 32.6 Å². The summed E-state index contributed by atoms with van der Waals surface area (Å²) in [5.74, 6) is 0.690. The van der Waals surface area contributed by atoms with Crippen LogP contribution in [0.2, 0.25) is 0 Å². The van der Waals surface area contributed by atoms with E-state index in [0.717, 1.165) is 23.2 Å². The molecule has 1 aromatic carbocycles. The Bertz CT molecular complexity index is 669. The Morgan fingerprint density at radius 3 is 2.76 bits per heavy atom. The summed E-state index contributed by atoms with van der Waals surface area (Å²) in [4.78, 5) is 4.61. The van der Waals surface area contributed by atoms with Gasteiger partial charge in [0.05, 0.1) is 19.7 Å². The lowest BCUT2D eigenvalue weighted by Crippen LogP contribution is -2.44. The van der Waals surface area contributed by atoms with Crippen molar-refractivity contribution in [1.82, 2.24) is 10.6 Å². The smallest absolute Gasteiger partial charge is 0.191 e. The van der Waals surface area contributed by atoms with Gasteiger partial charge in [0.1, 0.15) is 5.60 Å². The molecule has 25 heavy (non-hydrogen) atoms. The van der Waals surface area contributed by atoms with Gasteiger partial charge in [-0.1, -0.05) is 24.3 Å². The Morgan fingerprint density at radius 1 is 1.28 bits per heavy atom. The molecule has 5 nitrogen and oxygen atoms in total. The average Bonchev–Trinajstić information content (AvgIpc) is 3.14. The first-order valence-corrected chi connectivity index (χ1v) is 9.33. The fourth-order valence-corrected chi connectivity index (χ4v) is 3.21. The summed E-state index contributed by atoms with van der Waals surface area (Å²) in [6, 6.07) is 10.1. The van der Waals surface area contributed by atoms with E-state index < -0.39 is 5.60 Å². The Balaban J connectivity index is 1.99. The highest BCUT2D eigenvalue weighted by atomic mass is 32.1. The van der Waals surface area contributed by atoms with Crippen LogP contribution < -0.4 is 10.6 Å². The third-order valence-corrected chi connectivity index (χ3v) is 4.49. The standard InChI is InChI=1S/C19H27N3O2S/c1-4-20-18(22-14-19(2,23)17-8-9-25-13-17)21-11-15-6-5-7-16(10-15)12-24-3/h5-10,13,23H,4,11-12,14H2,1-3H3,(H2,20,21,22). The molecule has 0 aliphatic heterocycles. The lowest BCUT2D eigenvalue weighted by atomic mass is 9.99. The quantitative estimate of drug-likeness (QED) is 0.500. The molecule has 2 aromatic rings. The predicted octanol–water partition coefficient (Wildman–Crippen LogP) is 2.86. The second kappa shape index (κ2) is 9.56. The zero-order chi connectivity index (χ0) is 18.1. The molecule has 1 aromatic heterocycles. The lowest BCUT2D eigenvalue weighted by molar-refractivity contribution is 0.0621. The summed E-state index contributed by atoms with van der Waals surface area (Å²) in [6.45, 7) is 6.13. The Morgan fingerprint density at radius 2 is 2.08 bits per heavy atom. The molecule has 0 amide bonds. The Labute approximate surface area is 153 Å². The third kappa shape index (κ3) is 6.16. The van der Waals surface area contributed by atoms with Crippen LogP contribution in [0.4, 0.5) is 0 Å². The molecule has 0 fully saturated rings. The fourth-order valence-electron chi connectivity index (χ4n) is 2.43. The Kier molecular flexibility index (Phi) is 7.43. The number of nitrogens with zero attached hydrogens (tertiary/aromatic N) is 1. The van der Waals surface area contributed by atoms with Crippen molar-refractivity contribution in [1.29, 1.82) is 0 Å². The summed E-state index contributed by atoms with van der Waals surface area (Å²) in [5, 5.41) is 21.0. The van der Waals surface area contributed by atoms with Gasteiger partial charge in [-0.25, -0.2) is 4.99 Å². The van der Waals surface area contributed by atoms with Crippen molar-refractivity contribution in [2.75, 3.05) is 20.2 Å². The van der Waals surface area contributed by atoms with Crippen molar-refractivity contribution in [3.05, 3.63) is 57.8 Å². The van der Waals surface area contributed by atoms with E-state index in [2.05, 4.69) is 21.7 Å². The molecule has 3 N–H and O–H groups in total. The highest BCUT2D eigenvalue weighted by molar-refractivity contribution is 7.08. The minimum atomic E-state index is -0.936. The predicted molar refractivity (Wildman–Crippen MR) is 104 cm³/mol. The van der Waals surface area contributed by atoms with E-state index in [4.69, 9.17) is 4.74 Å². The normalized spacial score (nSPS) is 14.2. The second-order valence-corrected chi connectivity index (χ2v) is 6.87. The van der Waals surface area contributed by atoms with Crippen LogP contribution in [0.25, 0.3) is 0 Å². The van der Waals surface area contributed by atoms with E-state index in [9.17, 15) is 5.11 Å². The molecule has 1 heterocycles. The first kappa shape index (κ1) is 19.4. The number of aliphatic imine (C=N–C) groups is 1. The first-order valence-electron chi connectivity index (χ1n) is 8.39. The van der Waals surface area contributed by atoms with E-state index in [1.165, 1.54) is 0 Å². The van der Waals surface area contributed by atoms with Gasteiger partial charge in [-0.3, -0.25) is 0 Å². The van der Waals surface area contributed by atoms with E-state index >= 15 is 0 Å². The molecular weight excluding hydrogens is 334 g/mol. The van der Waals surface area contributed by atoms with Crippen LogP contribution in [-0.4, -0.2) is 31.3 Å². The van der Waals surface area contributed by atoms with Crippen LogP contribution >= 0.6 is 11.3 Å². The summed E-state index contributed by atoms with van der Waals surface area (Å²) >= 11 is 1.58. The summed E-state index contributed by atoms with van der Waals surface area (Å²) in [5.41, 5.74) is 2.23. The number of hydrogen-bond acceptors (Lipinski definition) is 4. The summed E-state index contributed by atoms with van der Waals surface area (Å²) < 4.78 is 5.17. The number of benzene rings is 1. The highest BCUT2D eigenvalue weighted by Crippen LogP contribution is 2.21. The maximum Gasteiger partial charge on any atom is 0.191 e. The molecule has 2 rings (SSSR count). The van der Waals surface area contributed by atoms with Crippen LogP contribution in [0.5, 0.6) is 0 Å². The molecule has 1 atom stereocenters. The lowest BCUT2D eigenvalue weighted by Gasteiger charge is -2.24. The monoisotopic (exact) mass is 361 g/mol. The topological polar surface area (TPSA) is 65.9 Å². The van der Waals surface area contributed by atoms with Crippen molar-refractivity contribution in [2.24, 2.45) is 4.99 Å². The van der Waals surface area contributed by atoms with E-state index in [0.29, 0.717) is 25.7 Å². The first-order chi connectivity index (χ1) is 12.0. The van der Waals surface area contributed by atoms with Gasteiger partial charge in [0.15, 0.2) is 5.96 Å². The van der Waals surface area contributed by atoms with Crippen LogP contribution in [0.15, 0.2) is 46.1 Å². The van der Waals surface area contributed by atoms with Gasteiger partial charge in [-0.2, -0.15) is 11.3 Å². The number of thiophene rings is 1. The largest absolute Gasteiger partial charge is 0.384 e. The minimum absolute atomic E-state index is 0.388. The maximum absolute atomic E-state index is 10.6. The SMILES string of the molecule is CCNC(=NCc1cccc(COC)c1)NCC(C)(O)c1ccsc1. The van der Waals surface area contributed by atoms with Gasteiger partial charge in [0.2, 0.25) is 0 Å². The molecule has 0 saturated heterocycles. The third-order valence-electron chi connectivity index (χ3n) is 3.81. The molecule has 1 unspecified atom stereocenters. The van der Waals surface area contributed by atoms with Crippen molar-refractivity contribution in [3.8, 4) is 0 Å². The van der Waals surface area contributed by atoms with Gasteiger partial charge in [-0.05, 0) is 47.4 Å².